The van der Waals surface area contributed by atoms with Crippen LogP contribution in [0.4, 0.5) is 0 Å². The van der Waals surface area contributed by atoms with Crippen LogP contribution in [0.2, 0.25) is 0 Å². The van der Waals surface area contributed by atoms with Gasteiger partial charge in [0.2, 0.25) is 0 Å². The summed E-state index contributed by atoms with van der Waals surface area (Å²) in [5.74, 6) is -1.06. The first kappa shape index (κ1) is 25.3. The molecule has 0 radical (unpaired) electrons. The number of amides is 2. The van der Waals surface area contributed by atoms with E-state index in [-0.39, 0.29) is 24.6 Å². The smallest absolute Gasteiger partial charge is 0.274 e. The molecular weight excluding hydrogens is 430 g/mol. The molecule has 0 atom stereocenters. The van der Waals surface area contributed by atoms with E-state index >= 15 is 0 Å². The summed E-state index contributed by atoms with van der Waals surface area (Å²) < 4.78 is 0. The van der Waals surface area contributed by atoms with E-state index in [4.69, 9.17) is 10.0 Å². The fourth-order valence-electron chi connectivity index (χ4n) is 3.45. The number of hydrogen-bond donors (Lipinski definition) is 3. The number of hydroxylamine groups is 2. The van der Waals surface area contributed by atoms with Crippen LogP contribution >= 0.6 is 12.4 Å². The monoisotopic (exact) mass is 457 g/mol. The third-order valence-electron chi connectivity index (χ3n) is 5.30. The lowest BCUT2D eigenvalue weighted by atomic mass is 9.99. The number of rotatable bonds is 9. The molecular formula is C24H28ClN3O4. The minimum absolute atomic E-state index is 0. The average molecular weight is 458 g/mol. The van der Waals surface area contributed by atoms with Crippen molar-refractivity contribution in [2.24, 2.45) is 0 Å². The van der Waals surface area contributed by atoms with Gasteiger partial charge in [0.1, 0.15) is 6.61 Å². The maximum Gasteiger partial charge on any atom is 0.274 e. The minimum atomic E-state index is -0.639. The van der Waals surface area contributed by atoms with Crippen molar-refractivity contribution < 1.29 is 19.6 Å². The Morgan fingerprint density at radius 3 is 1.94 bits per heavy atom. The molecule has 0 saturated carbocycles. The molecule has 0 aliphatic rings. The second kappa shape index (κ2) is 12.2. The summed E-state index contributed by atoms with van der Waals surface area (Å²) >= 11 is 0. The van der Waals surface area contributed by atoms with Gasteiger partial charge in [-0.05, 0) is 59.3 Å². The molecule has 3 aromatic rings. The lowest BCUT2D eigenvalue weighted by Crippen LogP contribution is -2.24. The van der Waals surface area contributed by atoms with Crippen LogP contribution in [-0.2, 0) is 18.0 Å². The third-order valence-corrected chi connectivity index (χ3v) is 5.30. The molecule has 0 heterocycles. The molecule has 8 heteroatoms. The molecule has 0 saturated heterocycles. The number of hydrogen-bond acceptors (Lipinski definition) is 5. The number of nitrogens with one attached hydrogen (secondary N) is 2. The van der Waals surface area contributed by atoms with Gasteiger partial charge in [-0.15, -0.1) is 12.4 Å². The van der Waals surface area contributed by atoms with E-state index in [9.17, 15) is 9.59 Å². The highest BCUT2D eigenvalue weighted by molar-refractivity contribution is 5.97. The van der Waals surface area contributed by atoms with Crippen molar-refractivity contribution >= 4 is 35.0 Å². The van der Waals surface area contributed by atoms with Gasteiger partial charge in [-0.25, -0.2) is 11.0 Å². The largest absolute Gasteiger partial charge is 0.300 e. The van der Waals surface area contributed by atoms with Gasteiger partial charge in [-0.3, -0.25) is 24.5 Å². The molecule has 0 unspecified atom stereocenters. The molecule has 3 N–H and O–H groups in total. The fraction of sp³-hybridized carbons (Fsp3) is 0.250. The molecule has 0 fully saturated rings. The first-order valence-corrected chi connectivity index (χ1v) is 10.3. The highest BCUT2D eigenvalue weighted by Crippen LogP contribution is 2.24. The zero-order chi connectivity index (χ0) is 22.2. The number of fused-ring (bicyclic) bond motifs is 1. The highest BCUT2D eigenvalue weighted by atomic mass is 35.5. The van der Waals surface area contributed by atoms with Gasteiger partial charge in [0.15, 0.2) is 0 Å². The van der Waals surface area contributed by atoms with Gasteiger partial charge >= 0.3 is 0 Å². The van der Waals surface area contributed by atoms with Crippen molar-refractivity contribution in [3.63, 3.8) is 0 Å². The first-order valence-electron chi connectivity index (χ1n) is 10.3. The van der Waals surface area contributed by atoms with Crippen LogP contribution in [0.5, 0.6) is 0 Å². The predicted octanol–water partition coefficient (Wildman–Crippen LogP) is 4.08. The van der Waals surface area contributed by atoms with Crippen LogP contribution in [-0.4, -0.2) is 35.0 Å². The quantitative estimate of drug-likeness (QED) is 0.332. The maximum absolute atomic E-state index is 12.3. The van der Waals surface area contributed by atoms with E-state index in [1.54, 1.807) is 5.48 Å². The Morgan fingerprint density at radius 1 is 0.844 bits per heavy atom. The lowest BCUT2D eigenvalue weighted by molar-refractivity contribution is 0.0237. The van der Waals surface area contributed by atoms with Gasteiger partial charge in [-0.1, -0.05) is 50.2 Å². The summed E-state index contributed by atoms with van der Waals surface area (Å²) in [4.78, 5) is 31.5. The third kappa shape index (κ3) is 6.05. The zero-order valence-corrected chi connectivity index (χ0v) is 18.9. The number of carbonyl (C=O) groups excluding carboxylic acids is 2. The van der Waals surface area contributed by atoms with E-state index in [0.29, 0.717) is 5.56 Å². The molecule has 0 bridgehead atoms. The van der Waals surface area contributed by atoms with Crippen molar-refractivity contribution in [1.29, 1.82) is 0 Å². The Bertz CT molecular complexity index is 1050. The predicted molar refractivity (Wildman–Crippen MR) is 126 cm³/mol. The summed E-state index contributed by atoms with van der Waals surface area (Å²) in [5.41, 5.74) is 6.83. The van der Waals surface area contributed by atoms with E-state index < -0.39 is 11.8 Å². The Kier molecular flexibility index (Phi) is 9.61. The number of nitrogens with zero attached hydrogens (tertiary/aromatic N) is 1. The molecule has 0 aliphatic heterocycles. The average Bonchev–Trinajstić information content (AvgIpc) is 2.82. The standard InChI is InChI=1S/C24H27N3O4.ClH/c1-3-27(4-2)15-19-13-14-20(22-8-6-5-7-21(19)22)16-31-26-24(29)18-11-9-17(10-12-18)23(28)25-30;/h5-14,30H,3-4,15-16H2,1-2H3,(H,25,28)(H,26,29);1H. The van der Waals surface area contributed by atoms with Crippen LogP contribution in [0.1, 0.15) is 45.7 Å². The Balaban J connectivity index is 0.00000363. The van der Waals surface area contributed by atoms with Crippen molar-refractivity contribution in [3.8, 4) is 0 Å². The van der Waals surface area contributed by atoms with E-state index in [0.717, 1.165) is 30.6 Å². The van der Waals surface area contributed by atoms with Crippen molar-refractivity contribution in [1.82, 2.24) is 15.9 Å². The number of carbonyl (C=O) groups is 2. The van der Waals surface area contributed by atoms with Crippen LogP contribution in [0, 0.1) is 0 Å². The second-order valence-electron chi connectivity index (χ2n) is 7.13. The number of halogens is 1. The molecule has 2 amide bonds. The second-order valence-corrected chi connectivity index (χ2v) is 7.13. The Labute approximate surface area is 193 Å². The van der Waals surface area contributed by atoms with E-state index in [1.807, 2.05) is 18.2 Å². The fourth-order valence-corrected chi connectivity index (χ4v) is 3.45. The highest BCUT2D eigenvalue weighted by Gasteiger charge is 2.11. The molecule has 0 spiro atoms. The van der Waals surface area contributed by atoms with E-state index in [1.165, 1.54) is 35.2 Å². The van der Waals surface area contributed by atoms with Crippen LogP contribution in [0.25, 0.3) is 10.8 Å². The SMILES string of the molecule is CCN(CC)Cc1ccc(CONC(=O)c2ccc(C(=O)NO)cc2)c2ccccc12.Cl. The number of benzene rings is 3. The molecule has 3 rings (SSSR count). The summed E-state index contributed by atoms with van der Waals surface area (Å²) in [7, 11) is 0. The van der Waals surface area contributed by atoms with Crippen LogP contribution in [0.3, 0.4) is 0 Å². The summed E-state index contributed by atoms with van der Waals surface area (Å²) in [6, 6.07) is 18.2. The maximum atomic E-state index is 12.3. The van der Waals surface area contributed by atoms with Crippen molar-refractivity contribution in [3.05, 3.63) is 82.9 Å². The molecule has 3 aromatic carbocycles. The summed E-state index contributed by atoms with van der Waals surface area (Å²) in [6.07, 6.45) is 0. The van der Waals surface area contributed by atoms with Crippen LogP contribution < -0.4 is 11.0 Å². The summed E-state index contributed by atoms with van der Waals surface area (Å²) in [5, 5.41) is 10.9. The molecule has 32 heavy (non-hydrogen) atoms. The minimum Gasteiger partial charge on any atom is -0.300 e. The van der Waals surface area contributed by atoms with Gasteiger partial charge < -0.3 is 0 Å². The van der Waals surface area contributed by atoms with Gasteiger partial charge in [0.25, 0.3) is 11.8 Å². The molecule has 0 aromatic heterocycles. The lowest BCUT2D eigenvalue weighted by Gasteiger charge is -2.20. The Hall–Kier alpha value is -2.97. The van der Waals surface area contributed by atoms with Gasteiger partial charge in [-0.2, -0.15) is 0 Å². The zero-order valence-electron chi connectivity index (χ0n) is 18.1. The first-order chi connectivity index (χ1) is 15.1. The molecule has 7 nitrogen and oxygen atoms in total. The molecule has 170 valence electrons. The normalized spacial score (nSPS) is 10.6. The van der Waals surface area contributed by atoms with Crippen molar-refractivity contribution in [2.75, 3.05) is 13.1 Å². The van der Waals surface area contributed by atoms with Gasteiger partial charge in [0.05, 0.1) is 0 Å². The molecule has 0 aliphatic carbocycles. The van der Waals surface area contributed by atoms with E-state index in [2.05, 4.69) is 42.4 Å². The topological polar surface area (TPSA) is 90.9 Å². The summed E-state index contributed by atoms with van der Waals surface area (Å²) in [6.45, 7) is 7.41. The Morgan fingerprint density at radius 2 is 1.38 bits per heavy atom. The van der Waals surface area contributed by atoms with Gasteiger partial charge in [0, 0.05) is 17.7 Å². The van der Waals surface area contributed by atoms with Crippen LogP contribution in [0.15, 0.2) is 60.7 Å². The van der Waals surface area contributed by atoms with Crippen molar-refractivity contribution in [2.45, 2.75) is 27.0 Å².